The summed E-state index contributed by atoms with van der Waals surface area (Å²) in [6, 6.07) is 28.0. The predicted molar refractivity (Wildman–Crippen MR) is 209 cm³/mol. The lowest BCUT2D eigenvalue weighted by atomic mass is 10.0. The van der Waals surface area contributed by atoms with E-state index in [1.807, 2.05) is 6.07 Å². The third-order valence-electron chi connectivity index (χ3n) is 10.6. The van der Waals surface area contributed by atoms with Gasteiger partial charge in [-0.25, -0.2) is 4.98 Å². The summed E-state index contributed by atoms with van der Waals surface area (Å²) in [5.41, 5.74) is -6.01. The van der Waals surface area contributed by atoms with Crippen LogP contribution in [0.15, 0.2) is 133 Å². The van der Waals surface area contributed by atoms with E-state index in [0.29, 0.717) is 35.5 Å². The lowest BCUT2D eigenvalue weighted by Crippen LogP contribution is -2.09. The third-order valence-corrected chi connectivity index (χ3v) is 10.6. The molecule has 6 aromatic carbocycles. The maximum absolute atomic E-state index is 14.3. The van der Waals surface area contributed by atoms with E-state index in [9.17, 15) is 57.9 Å². The van der Waals surface area contributed by atoms with E-state index in [1.54, 1.807) is 42.5 Å². The average molecular weight is 859 g/mol. The fourth-order valence-corrected chi connectivity index (χ4v) is 7.85. The smallest absolute Gasteiger partial charge is 0.308 e. The van der Waals surface area contributed by atoms with Crippen LogP contribution in [0, 0.1) is 11.3 Å². The number of benzene rings is 6. The normalized spacial score (nSPS) is 12.8. The molecule has 0 radical (unpaired) electrons. The van der Waals surface area contributed by atoms with Crippen molar-refractivity contribution < 1.29 is 52.7 Å². The summed E-state index contributed by atoms with van der Waals surface area (Å²) in [6.45, 7) is 0. The number of nitrogens with zero attached hydrogens (tertiary/aromatic N) is 4. The largest absolute Gasteiger partial charge is 0.416 e. The van der Waals surface area contributed by atoms with Gasteiger partial charge in [-0.3, -0.25) is 0 Å². The molecule has 9 rings (SSSR count). The maximum Gasteiger partial charge on any atom is 0.416 e. The van der Waals surface area contributed by atoms with E-state index in [-0.39, 0.29) is 66.2 Å². The standard InChI is InChI=1S/C46H22F12N4/c47-43(48,49)26-9-13-30-31-14-10-27(44(50,51)52)20-40(31)61(39(30)19-26)37-17-25(36-8-4-7-35(60-36)24-5-2-1-3-6-24)18-38(34(37)23-59)62-41-21-28(45(53,54)55)11-15-32(41)33-16-12-29(22-42(33)62)46(56,57)58/h1-22H. The van der Waals surface area contributed by atoms with Crippen LogP contribution < -0.4 is 0 Å². The van der Waals surface area contributed by atoms with Crippen molar-refractivity contribution in [1.29, 1.82) is 5.26 Å². The van der Waals surface area contributed by atoms with Gasteiger partial charge in [0, 0.05) is 32.7 Å². The van der Waals surface area contributed by atoms with Gasteiger partial charge in [0.1, 0.15) is 11.6 Å². The van der Waals surface area contributed by atoms with Gasteiger partial charge in [0.05, 0.1) is 67.1 Å². The van der Waals surface area contributed by atoms with E-state index in [4.69, 9.17) is 4.98 Å². The van der Waals surface area contributed by atoms with Crippen molar-refractivity contribution in [2.24, 2.45) is 0 Å². The van der Waals surface area contributed by atoms with Gasteiger partial charge in [-0.1, -0.05) is 60.7 Å². The van der Waals surface area contributed by atoms with Crippen molar-refractivity contribution in [2.45, 2.75) is 24.7 Å². The second-order valence-corrected chi connectivity index (χ2v) is 14.4. The monoisotopic (exact) mass is 858 g/mol. The predicted octanol–water partition coefficient (Wildman–Crippen LogP) is 14.6. The highest BCUT2D eigenvalue weighted by atomic mass is 19.4. The minimum absolute atomic E-state index is 0.0447. The summed E-state index contributed by atoms with van der Waals surface area (Å²) in [5.74, 6) is 0. The Bertz CT molecular complexity index is 2990. The number of aromatic nitrogens is 3. The Morgan fingerprint density at radius 3 is 1.05 bits per heavy atom. The van der Waals surface area contributed by atoms with Crippen LogP contribution in [0.2, 0.25) is 0 Å². The minimum atomic E-state index is -4.95. The number of fused-ring (bicyclic) bond motifs is 6. The summed E-state index contributed by atoms with van der Waals surface area (Å²) in [6.07, 6.45) is -19.8. The van der Waals surface area contributed by atoms with Crippen LogP contribution in [0.3, 0.4) is 0 Å². The zero-order chi connectivity index (χ0) is 44.1. The Balaban J connectivity index is 1.49. The zero-order valence-electron chi connectivity index (χ0n) is 31.0. The Morgan fingerprint density at radius 2 is 0.726 bits per heavy atom. The first-order valence-electron chi connectivity index (χ1n) is 18.3. The van der Waals surface area contributed by atoms with Gasteiger partial charge < -0.3 is 9.13 Å². The molecule has 0 aliphatic carbocycles. The molecule has 0 saturated carbocycles. The molecule has 0 N–H and O–H groups in total. The van der Waals surface area contributed by atoms with E-state index >= 15 is 0 Å². The van der Waals surface area contributed by atoms with Crippen LogP contribution in [0.4, 0.5) is 52.7 Å². The number of alkyl halides is 12. The topological polar surface area (TPSA) is 46.5 Å². The quantitative estimate of drug-likeness (QED) is 0.166. The van der Waals surface area contributed by atoms with Crippen molar-refractivity contribution in [3.63, 3.8) is 0 Å². The van der Waals surface area contributed by atoms with Crippen LogP contribution in [0.5, 0.6) is 0 Å². The maximum atomic E-state index is 14.3. The SMILES string of the molecule is N#Cc1c(-n2c3cc(C(F)(F)F)ccc3c3ccc(C(F)(F)F)cc32)cc(-c2cccc(-c3ccccc3)n2)cc1-n1c2cc(C(F)(F)F)ccc2c2ccc(C(F)(F)F)cc21. The average Bonchev–Trinajstić information content (AvgIpc) is 3.73. The number of nitriles is 1. The van der Waals surface area contributed by atoms with Crippen LogP contribution in [-0.4, -0.2) is 14.1 Å². The first-order chi connectivity index (χ1) is 29.2. The number of hydrogen-bond acceptors (Lipinski definition) is 2. The van der Waals surface area contributed by atoms with Gasteiger partial charge >= 0.3 is 24.7 Å². The van der Waals surface area contributed by atoms with Gasteiger partial charge in [-0.15, -0.1) is 0 Å². The zero-order valence-corrected chi connectivity index (χ0v) is 31.0. The molecule has 0 unspecified atom stereocenters. The second-order valence-electron chi connectivity index (χ2n) is 14.4. The second kappa shape index (κ2) is 13.9. The van der Waals surface area contributed by atoms with Crippen LogP contribution in [-0.2, 0) is 24.7 Å². The molecule has 0 amide bonds. The Hall–Kier alpha value is -7.28. The number of halogens is 12. The molecule has 4 nitrogen and oxygen atoms in total. The van der Waals surface area contributed by atoms with E-state index in [1.165, 1.54) is 18.2 Å². The highest BCUT2D eigenvalue weighted by molar-refractivity contribution is 6.11. The number of rotatable bonds is 4. The van der Waals surface area contributed by atoms with Crippen LogP contribution in [0.25, 0.3) is 77.5 Å². The van der Waals surface area contributed by atoms with E-state index < -0.39 is 52.5 Å². The van der Waals surface area contributed by atoms with Crippen molar-refractivity contribution in [1.82, 2.24) is 14.1 Å². The summed E-state index contributed by atoms with van der Waals surface area (Å²) < 4.78 is 174. The van der Waals surface area contributed by atoms with Crippen LogP contribution >= 0.6 is 0 Å². The van der Waals surface area contributed by atoms with Gasteiger partial charge in [-0.2, -0.15) is 57.9 Å². The lowest BCUT2D eigenvalue weighted by Gasteiger charge is -2.19. The van der Waals surface area contributed by atoms with Crippen molar-refractivity contribution in [2.75, 3.05) is 0 Å². The molecule has 3 aromatic heterocycles. The molecular formula is C46H22F12N4. The summed E-state index contributed by atoms with van der Waals surface area (Å²) >= 11 is 0. The van der Waals surface area contributed by atoms with Gasteiger partial charge in [0.25, 0.3) is 0 Å². The molecule has 0 atom stereocenters. The van der Waals surface area contributed by atoms with Gasteiger partial charge in [0.2, 0.25) is 0 Å². The van der Waals surface area contributed by atoms with Crippen molar-refractivity contribution >= 4 is 43.6 Å². The summed E-state index contributed by atoms with van der Waals surface area (Å²) in [5, 5.41) is 11.2. The molecule has 0 saturated heterocycles. The molecule has 9 aromatic rings. The van der Waals surface area contributed by atoms with Crippen molar-refractivity contribution in [3.8, 4) is 40.0 Å². The van der Waals surface area contributed by atoms with Gasteiger partial charge in [0.15, 0.2) is 0 Å². The highest BCUT2D eigenvalue weighted by Crippen LogP contribution is 2.45. The van der Waals surface area contributed by atoms with E-state index in [0.717, 1.165) is 57.7 Å². The molecule has 16 heteroatoms. The van der Waals surface area contributed by atoms with Crippen LogP contribution in [0.1, 0.15) is 27.8 Å². The summed E-state index contributed by atoms with van der Waals surface area (Å²) in [4.78, 5) is 4.75. The molecule has 0 aliphatic heterocycles. The Morgan fingerprint density at radius 1 is 0.387 bits per heavy atom. The third kappa shape index (κ3) is 6.73. The number of hydrogen-bond donors (Lipinski definition) is 0. The molecule has 62 heavy (non-hydrogen) atoms. The molecular weight excluding hydrogens is 837 g/mol. The Labute approximate surface area is 341 Å². The molecule has 0 spiro atoms. The highest BCUT2D eigenvalue weighted by Gasteiger charge is 2.36. The summed E-state index contributed by atoms with van der Waals surface area (Å²) in [7, 11) is 0. The molecule has 0 aliphatic rings. The first kappa shape index (κ1) is 40.1. The minimum Gasteiger partial charge on any atom is -0.308 e. The van der Waals surface area contributed by atoms with Crippen molar-refractivity contribution in [3.05, 3.63) is 161 Å². The fraction of sp³-hybridized carbons (Fsp3) is 0.0870. The number of pyridine rings is 1. The Kier molecular flexibility index (Phi) is 8.99. The lowest BCUT2D eigenvalue weighted by molar-refractivity contribution is -0.138. The fourth-order valence-electron chi connectivity index (χ4n) is 7.85. The molecule has 3 heterocycles. The molecule has 0 bridgehead atoms. The molecule has 0 fully saturated rings. The van der Waals surface area contributed by atoms with Gasteiger partial charge in [-0.05, 0) is 72.8 Å². The van der Waals surface area contributed by atoms with E-state index in [2.05, 4.69) is 0 Å². The first-order valence-corrected chi connectivity index (χ1v) is 18.3. The molecule has 310 valence electrons.